The molecule has 0 unspecified atom stereocenters. The van der Waals surface area contributed by atoms with Gasteiger partial charge in [0.15, 0.2) is 0 Å². The Hall–Kier alpha value is -4.71. The van der Waals surface area contributed by atoms with E-state index in [1.165, 1.54) is 42.5 Å². The first-order valence-electron chi connectivity index (χ1n) is 14.4. The second-order valence-electron chi connectivity index (χ2n) is 10.6. The standard InChI is InChI=1S/C34H33F4N3O4S/c1-3-39-33(43)31(20-25-10-5-4-6-11-25)40(22-26-12-7-8-15-30(26)35)32(42)23-41(28-14-9-13-27(21-28)34(36,37)38)46(44,45)29-18-16-24(2)17-19-29/h4-19,21,31H,3,20,22-23H2,1-2H3,(H,39,43)/t31-/m0/s1. The van der Waals surface area contributed by atoms with Crippen LogP contribution in [0.2, 0.25) is 0 Å². The van der Waals surface area contributed by atoms with Gasteiger partial charge in [-0.2, -0.15) is 13.2 Å². The van der Waals surface area contributed by atoms with Gasteiger partial charge >= 0.3 is 6.18 Å². The second kappa shape index (κ2) is 14.6. The number of carbonyl (C=O) groups excluding carboxylic acids is 2. The zero-order valence-corrected chi connectivity index (χ0v) is 26.0. The first kappa shape index (κ1) is 34.2. The van der Waals surface area contributed by atoms with Gasteiger partial charge < -0.3 is 10.2 Å². The molecule has 0 saturated heterocycles. The highest BCUT2D eigenvalue weighted by Gasteiger charge is 2.36. The lowest BCUT2D eigenvalue weighted by atomic mass is 10.0. The van der Waals surface area contributed by atoms with Crippen LogP contribution in [0.3, 0.4) is 0 Å². The molecule has 0 aliphatic carbocycles. The molecule has 7 nitrogen and oxygen atoms in total. The largest absolute Gasteiger partial charge is 0.416 e. The predicted octanol–water partition coefficient (Wildman–Crippen LogP) is 6.12. The van der Waals surface area contributed by atoms with E-state index in [0.717, 1.165) is 28.7 Å². The van der Waals surface area contributed by atoms with Crippen LogP contribution in [0.5, 0.6) is 0 Å². The Balaban J connectivity index is 1.84. The fourth-order valence-corrected chi connectivity index (χ4v) is 6.27. The molecular formula is C34H33F4N3O4S. The van der Waals surface area contributed by atoms with Crippen LogP contribution in [0.15, 0.2) is 108 Å². The Kier molecular flexibility index (Phi) is 10.8. The van der Waals surface area contributed by atoms with Gasteiger partial charge in [0.25, 0.3) is 10.0 Å². The minimum absolute atomic E-state index is 0.00113. The Morgan fingerprint density at radius 2 is 1.52 bits per heavy atom. The summed E-state index contributed by atoms with van der Waals surface area (Å²) in [6.45, 7) is 2.24. The number of amides is 2. The zero-order chi connectivity index (χ0) is 33.5. The lowest BCUT2D eigenvalue weighted by Crippen LogP contribution is -2.53. The van der Waals surface area contributed by atoms with E-state index in [-0.39, 0.29) is 23.4 Å². The van der Waals surface area contributed by atoms with E-state index >= 15 is 0 Å². The molecule has 0 fully saturated rings. The van der Waals surface area contributed by atoms with Crippen molar-refractivity contribution in [2.24, 2.45) is 0 Å². The van der Waals surface area contributed by atoms with Gasteiger partial charge in [0, 0.05) is 25.1 Å². The van der Waals surface area contributed by atoms with E-state index in [1.807, 2.05) is 0 Å². The molecule has 0 aliphatic rings. The maximum absolute atomic E-state index is 14.9. The molecule has 0 aliphatic heterocycles. The third-order valence-corrected chi connectivity index (χ3v) is 9.06. The first-order valence-corrected chi connectivity index (χ1v) is 15.9. The number of benzene rings is 4. The van der Waals surface area contributed by atoms with Crippen molar-refractivity contribution in [2.45, 2.75) is 43.9 Å². The zero-order valence-electron chi connectivity index (χ0n) is 25.2. The van der Waals surface area contributed by atoms with Crippen LogP contribution in [0.4, 0.5) is 23.2 Å². The summed E-state index contributed by atoms with van der Waals surface area (Å²) in [6.07, 6.45) is -4.80. The number of halogens is 4. The van der Waals surface area contributed by atoms with Crippen LogP contribution in [0.1, 0.15) is 29.2 Å². The summed E-state index contributed by atoms with van der Waals surface area (Å²) < 4.78 is 84.7. The van der Waals surface area contributed by atoms with Gasteiger partial charge in [-0.1, -0.05) is 72.3 Å². The smallest absolute Gasteiger partial charge is 0.355 e. The van der Waals surface area contributed by atoms with Crippen molar-refractivity contribution in [1.29, 1.82) is 0 Å². The molecule has 4 aromatic carbocycles. The number of nitrogens with zero attached hydrogens (tertiary/aromatic N) is 2. The molecule has 0 heterocycles. The minimum atomic E-state index is -4.80. The Bertz CT molecular complexity index is 1770. The summed E-state index contributed by atoms with van der Waals surface area (Å²) in [5.41, 5.74) is -0.0547. The maximum atomic E-state index is 14.9. The van der Waals surface area contributed by atoms with Gasteiger partial charge in [-0.15, -0.1) is 0 Å². The van der Waals surface area contributed by atoms with E-state index in [9.17, 15) is 35.6 Å². The lowest BCUT2D eigenvalue weighted by molar-refractivity contribution is -0.140. The number of hydrogen-bond acceptors (Lipinski definition) is 4. The van der Waals surface area contributed by atoms with Crippen molar-refractivity contribution in [3.05, 3.63) is 131 Å². The maximum Gasteiger partial charge on any atom is 0.416 e. The number of alkyl halides is 3. The third kappa shape index (κ3) is 8.30. The van der Waals surface area contributed by atoms with Gasteiger partial charge in [0.1, 0.15) is 18.4 Å². The number of rotatable bonds is 12. The predicted molar refractivity (Wildman–Crippen MR) is 167 cm³/mol. The monoisotopic (exact) mass is 655 g/mol. The Morgan fingerprint density at radius 3 is 2.15 bits per heavy atom. The molecular weight excluding hydrogens is 622 g/mol. The molecule has 4 aromatic rings. The van der Waals surface area contributed by atoms with Crippen molar-refractivity contribution >= 4 is 27.5 Å². The average Bonchev–Trinajstić information content (AvgIpc) is 3.02. The number of sulfonamides is 1. The average molecular weight is 656 g/mol. The molecule has 4 rings (SSSR count). The van der Waals surface area contributed by atoms with E-state index in [0.29, 0.717) is 15.9 Å². The molecule has 0 aromatic heterocycles. The molecule has 242 valence electrons. The van der Waals surface area contributed by atoms with E-state index in [1.54, 1.807) is 50.2 Å². The summed E-state index contributed by atoms with van der Waals surface area (Å²) in [4.78, 5) is 28.6. The molecule has 0 bridgehead atoms. The summed E-state index contributed by atoms with van der Waals surface area (Å²) in [5, 5.41) is 2.69. The third-order valence-electron chi connectivity index (χ3n) is 7.27. The quantitative estimate of drug-likeness (QED) is 0.186. The van der Waals surface area contributed by atoms with E-state index in [2.05, 4.69) is 5.32 Å². The highest BCUT2D eigenvalue weighted by Crippen LogP contribution is 2.33. The highest BCUT2D eigenvalue weighted by molar-refractivity contribution is 7.92. The van der Waals surface area contributed by atoms with Gasteiger partial charge in [-0.3, -0.25) is 13.9 Å². The number of anilines is 1. The molecule has 1 atom stereocenters. The summed E-state index contributed by atoms with van der Waals surface area (Å²) in [5.74, 6) is -2.15. The van der Waals surface area contributed by atoms with Crippen molar-refractivity contribution in [1.82, 2.24) is 10.2 Å². The summed E-state index contributed by atoms with van der Waals surface area (Å²) >= 11 is 0. The van der Waals surface area contributed by atoms with Crippen molar-refractivity contribution in [2.75, 3.05) is 17.4 Å². The van der Waals surface area contributed by atoms with Crippen LogP contribution in [0, 0.1) is 12.7 Å². The van der Waals surface area contributed by atoms with Crippen LogP contribution in [-0.2, 0) is 38.8 Å². The van der Waals surface area contributed by atoms with Crippen LogP contribution in [-0.4, -0.2) is 44.3 Å². The summed E-state index contributed by atoms with van der Waals surface area (Å²) in [7, 11) is -4.61. The lowest BCUT2D eigenvalue weighted by Gasteiger charge is -2.34. The molecule has 2 amide bonds. The topological polar surface area (TPSA) is 86.8 Å². The molecule has 0 radical (unpaired) electrons. The normalized spacial score (nSPS) is 12.3. The fraction of sp³-hybridized carbons (Fsp3) is 0.235. The van der Waals surface area contributed by atoms with Crippen LogP contribution >= 0.6 is 0 Å². The summed E-state index contributed by atoms with van der Waals surface area (Å²) in [6, 6.07) is 22.4. The van der Waals surface area contributed by atoms with E-state index in [4.69, 9.17) is 0 Å². The fourth-order valence-electron chi connectivity index (χ4n) is 4.86. The van der Waals surface area contributed by atoms with Crippen molar-refractivity contribution in [3.63, 3.8) is 0 Å². The number of hydrogen-bond donors (Lipinski definition) is 1. The Labute approximate surface area is 265 Å². The molecule has 12 heteroatoms. The Morgan fingerprint density at radius 1 is 0.870 bits per heavy atom. The SMILES string of the molecule is CCNC(=O)[C@H](Cc1ccccc1)N(Cc1ccccc1F)C(=O)CN(c1cccc(C(F)(F)F)c1)S(=O)(=O)c1ccc(C)cc1. The molecule has 46 heavy (non-hydrogen) atoms. The molecule has 1 N–H and O–H groups in total. The number of carbonyl (C=O) groups is 2. The van der Waals surface area contributed by atoms with E-state index < -0.39 is 64.2 Å². The number of likely N-dealkylation sites (N-methyl/N-ethyl adjacent to an activating group) is 1. The molecule has 0 spiro atoms. The van der Waals surface area contributed by atoms with Gasteiger partial charge in [-0.25, -0.2) is 12.8 Å². The minimum Gasteiger partial charge on any atom is -0.355 e. The van der Waals surface area contributed by atoms with Crippen LogP contribution in [0.25, 0.3) is 0 Å². The van der Waals surface area contributed by atoms with Gasteiger partial charge in [-0.05, 0) is 55.8 Å². The number of aryl methyl sites for hydroxylation is 1. The first-order chi connectivity index (χ1) is 21.8. The van der Waals surface area contributed by atoms with Crippen molar-refractivity contribution < 1.29 is 35.6 Å². The second-order valence-corrected chi connectivity index (χ2v) is 12.4. The molecule has 0 saturated carbocycles. The highest BCUT2D eigenvalue weighted by atomic mass is 32.2. The number of nitrogens with one attached hydrogen (secondary N) is 1. The van der Waals surface area contributed by atoms with Gasteiger partial charge in [0.05, 0.1) is 16.1 Å². The van der Waals surface area contributed by atoms with Crippen molar-refractivity contribution in [3.8, 4) is 0 Å². The van der Waals surface area contributed by atoms with Gasteiger partial charge in [0.2, 0.25) is 11.8 Å². The van der Waals surface area contributed by atoms with Crippen LogP contribution < -0.4 is 9.62 Å².